The number of piperidine rings is 2. The predicted octanol–water partition coefficient (Wildman–Crippen LogP) is 3.37. The molecule has 25 heavy (non-hydrogen) atoms. The van der Waals surface area contributed by atoms with Crippen LogP contribution in [0.2, 0.25) is 0 Å². The van der Waals surface area contributed by atoms with Gasteiger partial charge in [-0.05, 0) is 74.7 Å². The molecule has 3 aliphatic rings. The van der Waals surface area contributed by atoms with Gasteiger partial charge in [-0.1, -0.05) is 12.1 Å². The molecule has 1 amide bonds. The highest BCUT2D eigenvalue weighted by molar-refractivity contribution is 5.77. The van der Waals surface area contributed by atoms with Crippen LogP contribution in [0.1, 0.15) is 49.7 Å². The zero-order valence-corrected chi connectivity index (χ0v) is 15.6. The number of likely N-dealkylation sites (tertiary alicyclic amines) is 2. The van der Waals surface area contributed by atoms with Gasteiger partial charge in [0.1, 0.15) is 5.75 Å². The summed E-state index contributed by atoms with van der Waals surface area (Å²) in [6.45, 7) is 6.45. The molecule has 0 radical (unpaired) electrons. The number of hydrogen-bond acceptors (Lipinski definition) is 3. The van der Waals surface area contributed by atoms with Crippen LogP contribution in [-0.4, -0.2) is 48.5 Å². The minimum absolute atomic E-state index is 0.392. The van der Waals surface area contributed by atoms with E-state index < -0.39 is 0 Å². The van der Waals surface area contributed by atoms with E-state index in [4.69, 9.17) is 4.74 Å². The van der Waals surface area contributed by atoms with Gasteiger partial charge in [-0.15, -0.1) is 0 Å². The second-order valence-electron chi connectivity index (χ2n) is 8.33. The van der Waals surface area contributed by atoms with Crippen molar-refractivity contribution in [1.29, 1.82) is 0 Å². The summed E-state index contributed by atoms with van der Waals surface area (Å²) in [5.41, 5.74) is 2.97. The Bertz CT molecular complexity index is 645. The molecule has 4 rings (SSSR count). The van der Waals surface area contributed by atoms with Gasteiger partial charge < -0.3 is 9.64 Å². The molecule has 0 bridgehead atoms. The van der Waals surface area contributed by atoms with E-state index in [1.165, 1.54) is 36.8 Å². The molecule has 0 aromatic heterocycles. The van der Waals surface area contributed by atoms with Crippen molar-refractivity contribution >= 4 is 5.91 Å². The highest BCUT2D eigenvalue weighted by atomic mass is 16.5. The van der Waals surface area contributed by atoms with Gasteiger partial charge in [-0.3, -0.25) is 9.69 Å². The number of carbonyl (C=O) groups excluding carboxylic acids is 1. The fourth-order valence-corrected chi connectivity index (χ4v) is 4.65. The van der Waals surface area contributed by atoms with E-state index in [-0.39, 0.29) is 0 Å². The van der Waals surface area contributed by atoms with Crippen LogP contribution in [0.4, 0.5) is 0 Å². The Morgan fingerprint density at radius 1 is 1.20 bits per heavy atom. The van der Waals surface area contributed by atoms with Crippen LogP contribution in [-0.2, 0) is 11.3 Å². The molecule has 0 unspecified atom stereocenters. The van der Waals surface area contributed by atoms with Crippen LogP contribution >= 0.6 is 0 Å². The molecule has 1 saturated carbocycles. The molecular weight excluding hydrogens is 312 g/mol. The predicted molar refractivity (Wildman–Crippen MR) is 98.6 cm³/mol. The van der Waals surface area contributed by atoms with Gasteiger partial charge in [0.2, 0.25) is 5.91 Å². The van der Waals surface area contributed by atoms with Gasteiger partial charge in [0, 0.05) is 25.6 Å². The van der Waals surface area contributed by atoms with Gasteiger partial charge in [-0.2, -0.15) is 0 Å². The fraction of sp³-hybridized carbons (Fsp3) is 0.667. The molecule has 136 valence electrons. The molecule has 1 aliphatic carbocycles. The van der Waals surface area contributed by atoms with Gasteiger partial charge >= 0.3 is 0 Å². The third-order valence-electron chi connectivity index (χ3n) is 6.47. The van der Waals surface area contributed by atoms with Crippen molar-refractivity contribution in [3.8, 4) is 5.75 Å². The molecular formula is C21H30N2O2. The van der Waals surface area contributed by atoms with Crippen molar-refractivity contribution in [3.63, 3.8) is 0 Å². The standard InChI is InChI=1S/C21H30N2O2/c1-16-13-17(3-6-19(16)25-2)14-22-11-9-21(10-12-22)8-7-20(24)23(15-21)18-4-5-18/h3,6,13,18H,4-5,7-12,14-15H2,1-2H3. The minimum atomic E-state index is 0.392. The lowest BCUT2D eigenvalue weighted by atomic mass is 9.72. The van der Waals surface area contributed by atoms with E-state index in [0.717, 1.165) is 44.8 Å². The average molecular weight is 342 g/mol. The normalized spacial score (nSPS) is 23.9. The first kappa shape index (κ1) is 16.9. The maximum Gasteiger partial charge on any atom is 0.222 e. The number of rotatable bonds is 4. The zero-order valence-electron chi connectivity index (χ0n) is 15.6. The molecule has 0 atom stereocenters. The lowest BCUT2D eigenvalue weighted by molar-refractivity contribution is -0.139. The van der Waals surface area contributed by atoms with Gasteiger partial charge in [0.05, 0.1) is 7.11 Å². The maximum absolute atomic E-state index is 12.2. The van der Waals surface area contributed by atoms with Crippen molar-refractivity contribution < 1.29 is 9.53 Å². The quantitative estimate of drug-likeness (QED) is 0.841. The lowest BCUT2D eigenvalue weighted by Crippen LogP contribution is -2.52. The molecule has 4 nitrogen and oxygen atoms in total. The molecule has 0 N–H and O–H groups in total. The topological polar surface area (TPSA) is 32.8 Å². The molecule has 3 fully saturated rings. The number of amides is 1. The van der Waals surface area contributed by atoms with E-state index in [0.29, 0.717) is 17.4 Å². The molecule has 4 heteroatoms. The summed E-state index contributed by atoms with van der Waals surface area (Å²) in [6, 6.07) is 7.09. The number of ether oxygens (including phenoxy) is 1. The molecule has 1 spiro atoms. The first-order valence-electron chi connectivity index (χ1n) is 9.74. The summed E-state index contributed by atoms with van der Waals surface area (Å²) in [5, 5.41) is 0. The largest absolute Gasteiger partial charge is 0.496 e. The summed E-state index contributed by atoms with van der Waals surface area (Å²) in [4.78, 5) is 17.0. The molecule has 2 saturated heterocycles. The number of hydrogen-bond donors (Lipinski definition) is 0. The zero-order chi connectivity index (χ0) is 17.4. The highest BCUT2D eigenvalue weighted by Crippen LogP contribution is 2.43. The smallest absolute Gasteiger partial charge is 0.222 e. The summed E-state index contributed by atoms with van der Waals surface area (Å²) >= 11 is 0. The van der Waals surface area contributed by atoms with Crippen LogP contribution in [0, 0.1) is 12.3 Å². The van der Waals surface area contributed by atoms with Crippen LogP contribution < -0.4 is 4.74 Å². The second-order valence-corrected chi connectivity index (χ2v) is 8.33. The number of carbonyl (C=O) groups is 1. The monoisotopic (exact) mass is 342 g/mol. The number of aryl methyl sites for hydroxylation is 1. The summed E-state index contributed by atoms with van der Waals surface area (Å²) < 4.78 is 5.36. The van der Waals surface area contributed by atoms with Crippen LogP contribution in [0.25, 0.3) is 0 Å². The number of benzene rings is 1. The Hall–Kier alpha value is -1.55. The first-order chi connectivity index (χ1) is 12.1. The molecule has 2 aliphatic heterocycles. The van der Waals surface area contributed by atoms with E-state index in [2.05, 4.69) is 34.9 Å². The van der Waals surface area contributed by atoms with Crippen molar-refractivity contribution in [2.45, 2.75) is 58.0 Å². The fourth-order valence-electron chi connectivity index (χ4n) is 4.65. The third-order valence-corrected chi connectivity index (χ3v) is 6.47. The van der Waals surface area contributed by atoms with Crippen molar-refractivity contribution in [1.82, 2.24) is 9.80 Å². The van der Waals surface area contributed by atoms with E-state index >= 15 is 0 Å². The van der Waals surface area contributed by atoms with E-state index in [1.807, 2.05) is 0 Å². The Morgan fingerprint density at radius 3 is 2.60 bits per heavy atom. The van der Waals surface area contributed by atoms with Crippen LogP contribution in [0.15, 0.2) is 18.2 Å². The summed E-state index contributed by atoms with van der Waals surface area (Å²) in [5.74, 6) is 1.37. The van der Waals surface area contributed by atoms with Gasteiger partial charge in [-0.25, -0.2) is 0 Å². The lowest BCUT2D eigenvalue weighted by Gasteiger charge is -2.47. The SMILES string of the molecule is COc1ccc(CN2CCC3(CCC(=O)N(C4CC4)C3)CC2)cc1C. The van der Waals surface area contributed by atoms with Gasteiger partial charge in [0.15, 0.2) is 0 Å². The van der Waals surface area contributed by atoms with E-state index in [9.17, 15) is 4.79 Å². The van der Waals surface area contributed by atoms with E-state index in [1.54, 1.807) is 7.11 Å². The molecule has 2 heterocycles. The molecule has 1 aromatic carbocycles. The Kier molecular flexibility index (Phi) is 4.48. The summed E-state index contributed by atoms with van der Waals surface area (Å²) in [6.07, 6.45) is 6.80. The highest BCUT2D eigenvalue weighted by Gasteiger charge is 2.44. The third kappa shape index (κ3) is 3.55. The molecule has 1 aromatic rings. The van der Waals surface area contributed by atoms with Crippen molar-refractivity contribution in [2.24, 2.45) is 5.41 Å². The minimum Gasteiger partial charge on any atom is -0.496 e. The second kappa shape index (κ2) is 6.64. The first-order valence-corrected chi connectivity index (χ1v) is 9.74. The van der Waals surface area contributed by atoms with Gasteiger partial charge in [0.25, 0.3) is 0 Å². The van der Waals surface area contributed by atoms with Crippen molar-refractivity contribution in [2.75, 3.05) is 26.7 Å². The Morgan fingerprint density at radius 2 is 1.96 bits per heavy atom. The van der Waals surface area contributed by atoms with Crippen molar-refractivity contribution in [3.05, 3.63) is 29.3 Å². The number of nitrogens with zero attached hydrogens (tertiary/aromatic N) is 2. The Balaban J connectivity index is 1.35. The Labute approximate surface area is 151 Å². The average Bonchev–Trinajstić information content (AvgIpc) is 3.45. The van der Waals surface area contributed by atoms with Crippen LogP contribution in [0.5, 0.6) is 5.75 Å². The van der Waals surface area contributed by atoms with Crippen LogP contribution in [0.3, 0.4) is 0 Å². The summed E-state index contributed by atoms with van der Waals surface area (Å²) in [7, 11) is 1.73. The maximum atomic E-state index is 12.2. The number of methoxy groups -OCH3 is 1.